The lowest BCUT2D eigenvalue weighted by Crippen LogP contribution is -2.42. The molecule has 1 heterocycles. The Morgan fingerprint density at radius 3 is 2.77 bits per heavy atom. The molecule has 7 heteroatoms. The molecule has 0 spiro atoms. The maximum absolute atomic E-state index is 12.6. The minimum Gasteiger partial charge on any atom is -0.469 e. The van der Waals surface area contributed by atoms with Crippen LogP contribution in [0.1, 0.15) is 28.8 Å². The molecule has 1 atom stereocenters. The topological polar surface area (TPSA) is 89.8 Å². The average molecular weight is 306 g/mol. The summed E-state index contributed by atoms with van der Waals surface area (Å²) in [5.74, 6) is -0.940. The fraction of sp³-hybridized carbons (Fsp3) is 0.467. The SMILES string of the molecule is COC(=O)C1CCCN(C(=O)c2cccc([N+](=O)[O-])c2C)C1. The fourth-order valence-electron chi connectivity index (χ4n) is 2.74. The zero-order chi connectivity index (χ0) is 16.3. The second-order valence-corrected chi connectivity index (χ2v) is 5.32. The minimum absolute atomic E-state index is 0.0765. The number of benzene rings is 1. The van der Waals surface area contributed by atoms with Gasteiger partial charge in [0, 0.05) is 30.3 Å². The lowest BCUT2D eigenvalue weighted by Gasteiger charge is -2.31. The maximum atomic E-state index is 12.6. The van der Waals surface area contributed by atoms with Crippen molar-refractivity contribution in [2.75, 3.05) is 20.2 Å². The number of nitrogens with zero attached hydrogens (tertiary/aromatic N) is 2. The van der Waals surface area contributed by atoms with Crippen LogP contribution in [0.4, 0.5) is 5.69 Å². The summed E-state index contributed by atoms with van der Waals surface area (Å²) in [5.41, 5.74) is 0.574. The summed E-state index contributed by atoms with van der Waals surface area (Å²) in [6.07, 6.45) is 1.39. The van der Waals surface area contributed by atoms with Crippen molar-refractivity contribution in [1.29, 1.82) is 0 Å². The molecule has 0 saturated carbocycles. The monoisotopic (exact) mass is 306 g/mol. The van der Waals surface area contributed by atoms with E-state index in [2.05, 4.69) is 0 Å². The van der Waals surface area contributed by atoms with Gasteiger partial charge in [-0.15, -0.1) is 0 Å². The molecule has 1 unspecified atom stereocenters. The quantitative estimate of drug-likeness (QED) is 0.483. The highest BCUT2D eigenvalue weighted by molar-refractivity contribution is 5.97. The predicted molar refractivity (Wildman–Crippen MR) is 78.5 cm³/mol. The lowest BCUT2D eigenvalue weighted by atomic mass is 9.96. The maximum Gasteiger partial charge on any atom is 0.310 e. The molecular formula is C15H18N2O5. The molecular weight excluding hydrogens is 288 g/mol. The number of likely N-dealkylation sites (tertiary alicyclic amines) is 1. The van der Waals surface area contributed by atoms with Crippen LogP contribution in [0.25, 0.3) is 0 Å². The Kier molecular flexibility index (Phi) is 4.75. The molecule has 1 aliphatic rings. The van der Waals surface area contributed by atoms with Gasteiger partial charge in [0.25, 0.3) is 11.6 Å². The van der Waals surface area contributed by atoms with Crippen LogP contribution in [-0.2, 0) is 9.53 Å². The minimum atomic E-state index is -0.500. The van der Waals surface area contributed by atoms with E-state index in [4.69, 9.17) is 4.74 Å². The van der Waals surface area contributed by atoms with Crippen LogP contribution < -0.4 is 0 Å². The van der Waals surface area contributed by atoms with Gasteiger partial charge < -0.3 is 9.64 Å². The Hall–Kier alpha value is -2.44. The third kappa shape index (κ3) is 3.08. The summed E-state index contributed by atoms with van der Waals surface area (Å²) in [7, 11) is 1.33. The van der Waals surface area contributed by atoms with E-state index in [1.165, 1.54) is 19.2 Å². The number of piperidine rings is 1. The number of methoxy groups -OCH3 is 1. The van der Waals surface area contributed by atoms with Crippen LogP contribution >= 0.6 is 0 Å². The molecule has 1 fully saturated rings. The van der Waals surface area contributed by atoms with Gasteiger partial charge in [0.05, 0.1) is 18.0 Å². The van der Waals surface area contributed by atoms with E-state index in [0.717, 1.165) is 0 Å². The third-order valence-electron chi connectivity index (χ3n) is 3.98. The predicted octanol–water partition coefficient (Wildman–Crippen LogP) is 1.93. The highest BCUT2D eigenvalue weighted by Crippen LogP contribution is 2.25. The molecule has 2 rings (SSSR count). The first kappa shape index (κ1) is 15.9. The smallest absolute Gasteiger partial charge is 0.310 e. The van der Waals surface area contributed by atoms with Crippen molar-refractivity contribution in [3.05, 3.63) is 39.4 Å². The second kappa shape index (κ2) is 6.55. The van der Waals surface area contributed by atoms with Crippen LogP contribution in [0.15, 0.2) is 18.2 Å². The molecule has 1 aromatic carbocycles. The van der Waals surface area contributed by atoms with E-state index < -0.39 is 4.92 Å². The summed E-state index contributed by atoms with van der Waals surface area (Å²) in [5, 5.41) is 11.0. The van der Waals surface area contributed by atoms with Crippen molar-refractivity contribution in [3.8, 4) is 0 Å². The van der Waals surface area contributed by atoms with E-state index >= 15 is 0 Å². The third-order valence-corrected chi connectivity index (χ3v) is 3.98. The first-order valence-corrected chi connectivity index (χ1v) is 7.06. The van der Waals surface area contributed by atoms with Crippen molar-refractivity contribution in [2.45, 2.75) is 19.8 Å². The van der Waals surface area contributed by atoms with Crippen LogP contribution in [0.2, 0.25) is 0 Å². The van der Waals surface area contributed by atoms with Gasteiger partial charge in [0.15, 0.2) is 0 Å². The van der Waals surface area contributed by atoms with Gasteiger partial charge in [-0.1, -0.05) is 6.07 Å². The van der Waals surface area contributed by atoms with E-state index in [0.29, 0.717) is 30.5 Å². The van der Waals surface area contributed by atoms with Crippen LogP contribution in [0, 0.1) is 23.0 Å². The van der Waals surface area contributed by atoms with Gasteiger partial charge in [-0.2, -0.15) is 0 Å². The summed E-state index contributed by atoms with van der Waals surface area (Å²) in [6.45, 7) is 2.38. The molecule has 22 heavy (non-hydrogen) atoms. The molecule has 1 aromatic rings. The van der Waals surface area contributed by atoms with Gasteiger partial charge in [-0.25, -0.2) is 0 Å². The van der Waals surface area contributed by atoms with Crippen molar-refractivity contribution in [1.82, 2.24) is 4.90 Å². The molecule has 0 bridgehead atoms. The zero-order valence-electron chi connectivity index (χ0n) is 12.6. The molecule has 1 aliphatic heterocycles. The van der Waals surface area contributed by atoms with Gasteiger partial charge in [0.2, 0.25) is 0 Å². The number of nitro groups is 1. The number of amides is 1. The summed E-state index contributed by atoms with van der Waals surface area (Å²) >= 11 is 0. The Morgan fingerprint density at radius 1 is 1.41 bits per heavy atom. The second-order valence-electron chi connectivity index (χ2n) is 5.32. The number of esters is 1. The Bertz CT molecular complexity index is 614. The molecule has 0 radical (unpaired) electrons. The Morgan fingerprint density at radius 2 is 2.14 bits per heavy atom. The standard InChI is InChI=1S/C15H18N2O5/c1-10-12(6-3-7-13(10)17(20)21)14(18)16-8-4-5-11(9-16)15(19)22-2/h3,6-7,11H,4-5,8-9H2,1-2H3. The van der Waals surface area contributed by atoms with E-state index in [9.17, 15) is 19.7 Å². The molecule has 0 aromatic heterocycles. The molecule has 0 aliphatic carbocycles. The number of carbonyl (C=O) groups is 2. The van der Waals surface area contributed by atoms with Crippen molar-refractivity contribution in [2.24, 2.45) is 5.92 Å². The molecule has 7 nitrogen and oxygen atoms in total. The van der Waals surface area contributed by atoms with Crippen molar-refractivity contribution in [3.63, 3.8) is 0 Å². The number of ether oxygens (including phenoxy) is 1. The highest BCUT2D eigenvalue weighted by Gasteiger charge is 2.30. The Balaban J connectivity index is 2.23. The first-order chi connectivity index (χ1) is 10.5. The molecule has 1 amide bonds. The van der Waals surface area contributed by atoms with E-state index in [-0.39, 0.29) is 30.0 Å². The average Bonchev–Trinajstić information content (AvgIpc) is 2.53. The van der Waals surface area contributed by atoms with Gasteiger partial charge in [-0.3, -0.25) is 19.7 Å². The van der Waals surface area contributed by atoms with E-state index in [1.807, 2.05) is 0 Å². The summed E-state index contributed by atoms with van der Waals surface area (Å²) in [6, 6.07) is 4.45. The number of carbonyl (C=O) groups excluding carboxylic acids is 2. The van der Waals surface area contributed by atoms with Gasteiger partial charge in [0.1, 0.15) is 0 Å². The normalized spacial score (nSPS) is 17.9. The fourth-order valence-corrected chi connectivity index (χ4v) is 2.74. The summed E-state index contributed by atoms with van der Waals surface area (Å²) in [4.78, 5) is 36.3. The number of rotatable bonds is 3. The molecule has 118 valence electrons. The van der Waals surface area contributed by atoms with Crippen LogP contribution in [0.3, 0.4) is 0 Å². The van der Waals surface area contributed by atoms with E-state index in [1.54, 1.807) is 17.9 Å². The van der Waals surface area contributed by atoms with Gasteiger partial charge >= 0.3 is 5.97 Å². The Labute approximate surface area is 128 Å². The van der Waals surface area contributed by atoms with Gasteiger partial charge in [-0.05, 0) is 25.8 Å². The lowest BCUT2D eigenvalue weighted by molar-refractivity contribution is -0.385. The largest absolute Gasteiger partial charge is 0.469 e. The number of hydrogen-bond donors (Lipinski definition) is 0. The molecule has 0 N–H and O–H groups in total. The number of hydrogen-bond acceptors (Lipinski definition) is 5. The highest BCUT2D eigenvalue weighted by atomic mass is 16.6. The van der Waals surface area contributed by atoms with Crippen LogP contribution in [-0.4, -0.2) is 41.9 Å². The summed E-state index contributed by atoms with van der Waals surface area (Å²) < 4.78 is 4.73. The van der Waals surface area contributed by atoms with Crippen molar-refractivity contribution < 1.29 is 19.2 Å². The van der Waals surface area contributed by atoms with Crippen LogP contribution in [0.5, 0.6) is 0 Å². The number of nitro benzene ring substituents is 1. The van der Waals surface area contributed by atoms with Crippen molar-refractivity contribution >= 4 is 17.6 Å². The molecule has 1 saturated heterocycles. The first-order valence-electron chi connectivity index (χ1n) is 7.06. The zero-order valence-corrected chi connectivity index (χ0v) is 12.6.